The van der Waals surface area contributed by atoms with Gasteiger partial charge in [-0.25, -0.2) is 0 Å². The summed E-state index contributed by atoms with van der Waals surface area (Å²) in [5.74, 6) is -0.720. The van der Waals surface area contributed by atoms with Gasteiger partial charge in [-0.1, -0.05) is 84.9 Å². The quantitative estimate of drug-likeness (QED) is 0.105. The van der Waals surface area contributed by atoms with E-state index in [1.165, 1.54) is 11.1 Å². The monoisotopic (exact) mass is 578 g/mol. The van der Waals surface area contributed by atoms with Crippen molar-refractivity contribution in [3.63, 3.8) is 0 Å². The molecule has 222 valence electrons. The summed E-state index contributed by atoms with van der Waals surface area (Å²) < 4.78 is 6.26. The van der Waals surface area contributed by atoms with Crippen LogP contribution in [0.2, 0.25) is 0 Å². The molecule has 0 bridgehead atoms. The topological polar surface area (TPSA) is 96.3 Å². The number of amides is 1. The van der Waals surface area contributed by atoms with Gasteiger partial charge in [0, 0.05) is 30.3 Å². The van der Waals surface area contributed by atoms with Crippen molar-refractivity contribution < 1.29 is 19.4 Å². The molecule has 0 radical (unpaired) electrons. The highest BCUT2D eigenvalue weighted by molar-refractivity contribution is 5.94. The van der Waals surface area contributed by atoms with Crippen LogP contribution in [0.1, 0.15) is 57.4 Å². The summed E-state index contributed by atoms with van der Waals surface area (Å²) in [5.41, 5.74) is 6.13. The highest BCUT2D eigenvalue weighted by Gasteiger charge is 2.12. The fraction of sp³-hybridized carbons (Fsp3) is 0.278. The smallest absolute Gasteiger partial charge is 0.316 e. The molecule has 0 spiro atoms. The van der Waals surface area contributed by atoms with E-state index >= 15 is 0 Å². The number of hydrogen-bond donors (Lipinski definition) is 1. The van der Waals surface area contributed by atoms with Gasteiger partial charge in [0.15, 0.2) is 0 Å². The van der Waals surface area contributed by atoms with Crippen LogP contribution in [-0.4, -0.2) is 35.0 Å². The molecule has 0 fully saturated rings. The Morgan fingerprint density at radius 1 is 0.674 bits per heavy atom. The summed E-state index contributed by atoms with van der Waals surface area (Å²) in [6, 6.07) is 34.1. The number of unbranched alkanes of at least 4 members (excludes halogenated alkanes) is 1. The lowest BCUT2D eigenvalue weighted by molar-refractivity contribution is -0.137. The van der Waals surface area contributed by atoms with Crippen LogP contribution in [-0.2, 0) is 37.2 Å². The predicted molar refractivity (Wildman–Crippen MR) is 168 cm³/mol. The third-order valence-electron chi connectivity index (χ3n) is 7.44. The molecule has 4 aromatic carbocycles. The Hall–Kier alpha value is -4.62. The average molecular weight is 579 g/mol. The van der Waals surface area contributed by atoms with Gasteiger partial charge >= 0.3 is 11.9 Å². The molecular weight excluding hydrogens is 540 g/mol. The molecule has 0 aliphatic heterocycles. The number of para-hydroxylation sites is 1. The van der Waals surface area contributed by atoms with Crippen LogP contribution >= 0.6 is 0 Å². The van der Waals surface area contributed by atoms with Gasteiger partial charge in [0.1, 0.15) is 12.4 Å². The Morgan fingerprint density at radius 2 is 1.30 bits per heavy atom. The second-order valence-electron chi connectivity index (χ2n) is 10.7. The van der Waals surface area contributed by atoms with Crippen LogP contribution in [0.5, 0.6) is 5.75 Å². The fourth-order valence-corrected chi connectivity index (χ4v) is 4.97. The van der Waals surface area contributed by atoms with E-state index in [-0.39, 0.29) is 12.0 Å². The first-order chi connectivity index (χ1) is 21.0. The van der Waals surface area contributed by atoms with Crippen molar-refractivity contribution in [2.45, 2.75) is 51.7 Å². The molecule has 0 aromatic heterocycles. The minimum absolute atomic E-state index is 0.147. The van der Waals surface area contributed by atoms with E-state index in [1.807, 2.05) is 36.4 Å². The van der Waals surface area contributed by atoms with Crippen LogP contribution in [0.3, 0.4) is 0 Å². The van der Waals surface area contributed by atoms with Crippen molar-refractivity contribution in [1.29, 1.82) is 0 Å². The van der Waals surface area contributed by atoms with Gasteiger partial charge in [-0.3, -0.25) is 14.5 Å². The third-order valence-corrected chi connectivity index (χ3v) is 7.44. The van der Waals surface area contributed by atoms with E-state index in [0.717, 1.165) is 61.2 Å². The molecule has 0 unspecified atom stereocenters. The van der Waals surface area contributed by atoms with Crippen LogP contribution in [0.15, 0.2) is 108 Å². The normalized spacial score (nSPS) is 10.9. The van der Waals surface area contributed by atoms with Crippen LogP contribution < -0.4 is 4.74 Å². The Labute approximate surface area is 253 Å². The molecule has 0 saturated carbocycles. The van der Waals surface area contributed by atoms with E-state index in [0.29, 0.717) is 19.6 Å². The zero-order chi connectivity index (χ0) is 30.3. The number of nitroso groups, excluding NO2 is 1. The van der Waals surface area contributed by atoms with Gasteiger partial charge in [-0.05, 0) is 84.7 Å². The standard InChI is InChI=1S/C36H38N2O5/c39-35(40)12-6-7-24-38(26-30-19-21-33(22-20-30)36(41)37-42)25-23-32-10-4-5-11-34(32)43-27-31-17-15-29(16-18-31)14-13-28-8-2-1-3-9-28/h1-5,8-11,15-22H,6-7,12-14,23-27H2,(H,39,40). The molecule has 0 heterocycles. The number of carboxylic acid groups (broad SMARTS) is 1. The lowest BCUT2D eigenvalue weighted by Crippen LogP contribution is -2.27. The summed E-state index contributed by atoms with van der Waals surface area (Å²) in [7, 11) is 0. The van der Waals surface area contributed by atoms with E-state index in [4.69, 9.17) is 9.84 Å². The lowest BCUT2D eigenvalue weighted by atomic mass is 10.0. The summed E-state index contributed by atoms with van der Waals surface area (Å²) in [6.07, 6.45) is 4.29. The number of benzene rings is 4. The summed E-state index contributed by atoms with van der Waals surface area (Å²) >= 11 is 0. The van der Waals surface area contributed by atoms with Crippen molar-refractivity contribution >= 4 is 11.9 Å². The van der Waals surface area contributed by atoms with Gasteiger partial charge in [-0.2, -0.15) is 0 Å². The van der Waals surface area contributed by atoms with Crippen molar-refractivity contribution in [2.24, 2.45) is 5.18 Å². The number of aryl methyl sites for hydroxylation is 2. The molecule has 0 atom stereocenters. The van der Waals surface area contributed by atoms with E-state index in [9.17, 15) is 14.5 Å². The van der Waals surface area contributed by atoms with Crippen LogP contribution in [0, 0.1) is 4.91 Å². The van der Waals surface area contributed by atoms with Gasteiger partial charge in [-0.15, -0.1) is 4.91 Å². The maximum Gasteiger partial charge on any atom is 0.316 e. The molecule has 1 amide bonds. The second kappa shape index (κ2) is 16.7. The number of hydrogen-bond acceptors (Lipinski definition) is 5. The molecule has 4 rings (SSSR count). The molecule has 4 aromatic rings. The Balaban J connectivity index is 1.33. The maximum atomic E-state index is 11.6. The average Bonchev–Trinajstić information content (AvgIpc) is 3.04. The first-order valence-electron chi connectivity index (χ1n) is 14.7. The number of ether oxygens (including phenoxy) is 1. The van der Waals surface area contributed by atoms with Crippen molar-refractivity contribution in [1.82, 2.24) is 4.90 Å². The molecule has 7 heteroatoms. The van der Waals surface area contributed by atoms with E-state index in [2.05, 4.69) is 64.7 Å². The third kappa shape index (κ3) is 10.6. The molecule has 1 N–H and O–H groups in total. The first-order valence-corrected chi connectivity index (χ1v) is 14.7. The molecule has 0 aliphatic carbocycles. The molecular formula is C36H38N2O5. The zero-order valence-corrected chi connectivity index (χ0v) is 24.4. The Morgan fingerprint density at radius 3 is 2.00 bits per heavy atom. The lowest BCUT2D eigenvalue weighted by Gasteiger charge is -2.23. The molecule has 0 saturated heterocycles. The number of carbonyl (C=O) groups is 2. The fourth-order valence-electron chi connectivity index (χ4n) is 4.97. The Kier molecular flexibility index (Phi) is 12.2. The molecule has 0 aliphatic rings. The minimum Gasteiger partial charge on any atom is -0.489 e. The molecule has 7 nitrogen and oxygen atoms in total. The number of carboxylic acids is 1. The van der Waals surface area contributed by atoms with E-state index in [1.54, 1.807) is 12.1 Å². The minimum atomic E-state index is -0.788. The van der Waals surface area contributed by atoms with Crippen molar-refractivity contribution in [2.75, 3.05) is 13.1 Å². The molecule has 43 heavy (non-hydrogen) atoms. The van der Waals surface area contributed by atoms with Gasteiger partial charge in [0.25, 0.3) is 0 Å². The van der Waals surface area contributed by atoms with Gasteiger partial charge in [0.05, 0.1) is 0 Å². The highest BCUT2D eigenvalue weighted by Crippen LogP contribution is 2.21. The van der Waals surface area contributed by atoms with Gasteiger partial charge in [0.2, 0.25) is 0 Å². The first kappa shape index (κ1) is 31.3. The SMILES string of the molecule is O=NC(=O)c1ccc(CN(CCCCC(=O)O)CCc2ccccc2OCc2ccc(CCc3ccccc3)cc2)cc1. The summed E-state index contributed by atoms with van der Waals surface area (Å²) in [5, 5.41) is 11.5. The summed E-state index contributed by atoms with van der Waals surface area (Å²) in [6.45, 7) is 2.61. The van der Waals surface area contributed by atoms with Crippen LogP contribution in [0.25, 0.3) is 0 Å². The number of carbonyl (C=O) groups excluding carboxylic acids is 1. The van der Waals surface area contributed by atoms with Gasteiger partial charge < -0.3 is 9.84 Å². The number of rotatable bonds is 17. The Bertz CT molecular complexity index is 1450. The number of nitrogens with zero attached hydrogens (tertiary/aromatic N) is 2. The van der Waals surface area contributed by atoms with Crippen LogP contribution in [0.4, 0.5) is 0 Å². The van der Waals surface area contributed by atoms with Crippen molar-refractivity contribution in [3.05, 3.63) is 141 Å². The largest absolute Gasteiger partial charge is 0.489 e. The predicted octanol–water partition coefficient (Wildman–Crippen LogP) is 7.26. The zero-order valence-electron chi connectivity index (χ0n) is 24.4. The summed E-state index contributed by atoms with van der Waals surface area (Å²) in [4.78, 5) is 35.4. The van der Waals surface area contributed by atoms with E-state index < -0.39 is 11.9 Å². The second-order valence-corrected chi connectivity index (χ2v) is 10.7. The number of aliphatic carboxylic acids is 1. The highest BCUT2D eigenvalue weighted by atomic mass is 16.5. The van der Waals surface area contributed by atoms with Crippen molar-refractivity contribution in [3.8, 4) is 5.75 Å². The maximum absolute atomic E-state index is 11.6.